The molecular weight excluding hydrogens is 235 g/mol. The molecule has 0 aliphatic heterocycles. The summed E-state index contributed by atoms with van der Waals surface area (Å²) in [5.74, 6) is -0.0293. The number of halogens is 1. The first kappa shape index (κ1) is 12.5. The van der Waals surface area contributed by atoms with Crippen molar-refractivity contribution in [2.45, 2.75) is 6.42 Å². The van der Waals surface area contributed by atoms with E-state index in [1.54, 1.807) is 18.2 Å². The highest BCUT2D eigenvalue weighted by Crippen LogP contribution is 2.29. The van der Waals surface area contributed by atoms with E-state index in [9.17, 15) is 12.3 Å². The summed E-state index contributed by atoms with van der Waals surface area (Å²) in [5, 5.41) is 0. The number of hydrogen-bond donors (Lipinski definition) is 0. The van der Waals surface area contributed by atoms with Crippen molar-refractivity contribution in [1.82, 2.24) is 0 Å². The third-order valence-corrected chi connectivity index (χ3v) is 2.18. The van der Waals surface area contributed by atoms with Crippen LogP contribution in [0.4, 0.5) is 3.89 Å². The van der Waals surface area contributed by atoms with Crippen LogP contribution in [0.15, 0.2) is 30.9 Å². The van der Waals surface area contributed by atoms with Gasteiger partial charge >= 0.3 is 10.5 Å². The van der Waals surface area contributed by atoms with E-state index in [1.807, 2.05) is 0 Å². The van der Waals surface area contributed by atoms with Crippen molar-refractivity contribution < 1.29 is 21.2 Å². The maximum atomic E-state index is 12.3. The lowest BCUT2D eigenvalue weighted by molar-refractivity contribution is 0.381. The van der Waals surface area contributed by atoms with Gasteiger partial charge in [-0.15, -0.1) is 6.58 Å². The average molecular weight is 246 g/mol. The Morgan fingerprint density at radius 3 is 2.62 bits per heavy atom. The van der Waals surface area contributed by atoms with E-state index in [1.165, 1.54) is 13.2 Å². The third kappa shape index (κ3) is 3.54. The van der Waals surface area contributed by atoms with Gasteiger partial charge in [-0.1, -0.05) is 16.0 Å². The Bertz CT molecular complexity index is 482. The van der Waals surface area contributed by atoms with Crippen molar-refractivity contribution in [2.24, 2.45) is 0 Å². The molecule has 6 heteroatoms. The second kappa shape index (κ2) is 4.98. The van der Waals surface area contributed by atoms with E-state index >= 15 is 0 Å². The number of methoxy groups -OCH3 is 1. The van der Waals surface area contributed by atoms with Crippen molar-refractivity contribution in [1.29, 1.82) is 0 Å². The van der Waals surface area contributed by atoms with Gasteiger partial charge in [0.1, 0.15) is 0 Å². The molecule has 88 valence electrons. The predicted molar refractivity (Wildman–Crippen MR) is 57.6 cm³/mol. The van der Waals surface area contributed by atoms with E-state index in [0.717, 1.165) is 5.56 Å². The summed E-state index contributed by atoms with van der Waals surface area (Å²) in [6.07, 6.45) is 2.28. The Balaban J connectivity index is 3.06. The van der Waals surface area contributed by atoms with E-state index < -0.39 is 10.5 Å². The normalized spacial score (nSPS) is 10.9. The first-order valence-electron chi connectivity index (χ1n) is 4.38. The molecule has 0 bridgehead atoms. The zero-order valence-electron chi connectivity index (χ0n) is 8.64. The summed E-state index contributed by atoms with van der Waals surface area (Å²) >= 11 is 0. The molecule has 16 heavy (non-hydrogen) atoms. The molecular formula is C10H11FO4S. The van der Waals surface area contributed by atoms with Crippen LogP contribution >= 0.6 is 0 Å². The number of rotatable bonds is 5. The SMILES string of the molecule is C=CCc1ccc(OS(=O)(=O)F)c(OC)c1. The summed E-state index contributed by atoms with van der Waals surface area (Å²) in [6.45, 7) is 3.57. The van der Waals surface area contributed by atoms with E-state index in [-0.39, 0.29) is 11.5 Å². The molecule has 0 aromatic heterocycles. The summed E-state index contributed by atoms with van der Waals surface area (Å²) in [5.41, 5.74) is 0.857. The van der Waals surface area contributed by atoms with Gasteiger partial charge < -0.3 is 8.92 Å². The number of benzene rings is 1. The Kier molecular flexibility index (Phi) is 3.89. The molecule has 0 aliphatic carbocycles. The molecule has 4 nitrogen and oxygen atoms in total. The molecule has 0 saturated carbocycles. The quantitative estimate of drug-likeness (QED) is 0.589. The van der Waals surface area contributed by atoms with Crippen LogP contribution in [-0.4, -0.2) is 15.5 Å². The van der Waals surface area contributed by atoms with Crippen LogP contribution in [0.3, 0.4) is 0 Å². The van der Waals surface area contributed by atoms with Gasteiger partial charge in [0.15, 0.2) is 11.5 Å². The fourth-order valence-corrected chi connectivity index (χ4v) is 1.53. The van der Waals surface area contributed by atoms with Gasteiger partial charge in [-0.2, -0.15) is 8.42 Å². The number of ether oxygens (including phenoxy) is 1. The molecule has 0 heterocycles. The maximum absolute atomic E-state index is 12.3. The maximum Gasteiger partial charge on any atom is 0.488 e. The van der Waals surface area contributed by atoms with Crippen molar-refractivity contribution in [3.63, 3.8) is 0 Å². The van der Waals surface area contributed by atoms with Crippen LogP contribution in [0.1, 0.15) is 5.56 Å². The molecule has 0 aliphatic rings. The lowest BCUT2D eigenvalue weighted by Crippen LogP contribution is -2.03. The molecule has 0 unspecified atom stereocenters. The van der Waals surface area contributed by atoms with Crippen LogP contribution in [-0.2, 0) is 16.9 Å². The molecule has 0 amide bonds. The van der Waals surface area contributed by atoms with Crippen molar-refractivity contribution in [3.8, 4) is 11.5 Å². The van der Waals surface area contributed by atoms with Gasteiger partial charge in [-0.25, -0.2) is 0 Å². The van der Waals surface area contributed by atoms with Crippen LogP contribution in [0.5, 0.6) is 11.5 Å². The fourth-order valence-electron chi connectivity index (χ4n) is 1.18. The van der Waals surface area contributed by atoms with E-state index in [2.05, 4.69) is 10.8 Å². The van der Waals surface area contributed by atoms with Crippen molar-refractivity contribution >= 4 is 10.5 Å². The largest absolute Gasteiger partial charge is 0.493 e. The van der Waals surface area contributed by atoms with Crippen LogP contribution in [0.25, 0.3) is 0 Å². The minimum Gasteiger partial charge on any atom is -0.493 e. The van der Waals surface area contributed by atoms with Gasteiger partial charge in [0.2, 0.25) is 0 Å². The molecule has 1 aromatic carbocycles. The molecule has 0 N–H and O–H groups in total. The lowest BCUT2D eigenvalue weighted by atomic mass is 10.1. The smallest absolute Gasteiger partial charge is 0.488 e. The topological polar surface area (TPSA) is 52.6 Å². The monoisotopic (exact) mass is 246 g/mol. The van der Waals surface area contributed by atoms with Crippen LogP contribution in [0.2, 0.25) is 0 Å². The summed E-state index contributed by atoms with van der Waals surface area (Å²) in [4.78, 5) is 0. The van der Waals surface area contributed by atoms with Gasteiger partial charge in [-0.05, 0) is 24.1 Å². The minimum absolute atomic E-state index is 0.153. The molecule has 1 aromatic rings. The van der Waals surface area contributed by atoms with Gasteiger partial charge in [0, 0.05) is 0 Å². The standard InChI is InChI=1S/C10H11FO4S/c1-3-4-8-5-6-9(10(7-8)14-2)15-16(11,12)13/h3,5-7H,1,4H2,2H3. The highest BCUT2D eigenvalue weighted by atomic mass is 32.3. The Morgan fingerprint density at radius 2 is 2.12 bits per heavy atom. The molecule has 0 spiro atoms. The van der Waals surface area contributed by atoms with Crippen molar-refractivity contribution in [2.75, 3.05) is 7.11 Å². The highest BCUT2D eigenvalue weighted by Gasteiger charge is 2.14. The predicted octanol–water partition coefficient (Wildman–Crippen LogP) is 2.02. The zero-order chi connectivity index (χ0) is 12.2. The number of hydrogen-bond acceptors (Lipinski definition) is 4. The van der Waals surface area contributed by atoms with Crippen LogP contribution < -0.4 is 8.92 Å². The van der Waals surface area contributed by atoms with E-state index in [0.29, 0.717) is 6.42 Å². The molecule has 0 saturated heterocycles. The van der Waals surface area contributed by atoms with Gasteiger partial charge in [-0.3, -0.25) is 0 Å². The molecule has 0 fully saturated rings. The third-order valence-electron chi connectivity index (χ3n) is 1.80. The molecule has 1 rings (SSSR count). The van der Waals surface area contributed by atoms with E-state index in [4.69, 9.17) is 4.74 Å². The Morgan fingerprint density at radius 1 is 1.44 bits per heavy atom. The minimum atomic E-state index is -5.04. The second-order valence-electron chi connectivity index (χ2n) is 2.95. The Labute approximate surface area is 93.7 Å². The zero-order valence-corrected chi connectivity index (χ0v) is 9.46. The summed E-state index contributed by atoms with van der Waals surface area (Å²) in [7, 11) is -3.70. The highest BCUT2D eigenvalue weighted by molar-refractivity contribution is 7.81. The summed E-state index contributed by atoms with van der Waals surface area (Å²) < 4.78 is 42.0. The Hall–Kier alpha value is -1.56. The molecule has 0 atom stereocenters. The molecule has 0 radical (unpaired) electrons. The number of allylic oxidation sites excluding steroid dienone is 1. The van der Waals surface area contributed by atoms with Gasteiger partial charge in [0.25, 0.3) is 0 Å². The summed E-state index contributed by atoms with van der Waals surface area (Å²) in [6, 6.07) is 4.49. The fraction of sp³-hybridized carbons (Fsp3) is 0.200. The first-order chi connectivity index (χ1) is 7.46. The lowest BCUT2D eigenvalue weighted by Gasteiger charge is -2.08. The first-order valence-corrected chi connectivity index (χ1v) is 5.69. The van der Waals surface area contributed by atoms with Gasteiger partial charge in [0.05, 0.1) is 7.11 Å². The average Bonchev–Trinajstić information content (AvgIpc) is 2.18. The van der Waals surface area contributed by atoms with Crippen molar-refractivity contribution in [3.05, 3.63) is 36.4 Å². The van der Waals surface area contributed by atoms with Crippen LogP contribution in [0, 0.1) is 0 Å². The second-order valence-corrected chi connectivity index (χ2v) is 3.91.